The van der Waals surface area contributed by atoms with Crippen LogP contribution in [0.1, 0.15) is 16.2 Å². The van der Waals surface area contributed by atoms with Crippen LogP contribution < -0.4 is 0 Å². The van der Waals surface area contributed by atoms with Crippen molar-refractivity contribution >= 4 is 23.2 Å². The number of carboxylic acids is 1. The van der Waals surface area contributed by atoms with Gasteiger partial charge in [-0.3, -0.25) is 9.59 Å². The summed E-state index contributed by atoms with van der Waals surface area (Å²) in [6, 6.07) is 3.97. The summed E-state index contributed by atoms with van der Waals surface area (Å²) >= 11 is 1.62. The van der Waals surface area contributed by atoms with Crippen molar-refractivity contribution < 1.29 is 19.4 Å². The van der Waals surface area contributed by atoms with Gasteiger partial charge in [-0.15, -0.1) is 11.3 Å². The number of aliphatic carboxylic acids is 1. The monoisotopic (exact) mass is 283 g/mol. The van der Waals surface area contributed by atoms with Crippen molar-refractivity contribution in [1.82, 2.24) is 4.90 Å². The fraction of sp³-hybridized carbons (Fsp3) is 0.538. The van der Waals surface area contributed by atoms with Gasteiger partial charge < -0.3 is 14.7 Å². The number of aryl methyl sites for hydroxylation is 1. The molecule has 1 aliphatic rings. The van der Waals surface area contributed by atoms with Crippen LogP contribution in [0, 0.1) is 6.92 Å². The molecule has 2 rings (SSSR count). The van der Waals surface area contributed by atoms with Gasteiger partial charge in [-0.2, -0.15) is 0 Å². The Labute approximate surface area is 115 Å². The summed E-state index contributed by atoms with van der Waals surface area (Å²) in [5, 5.41) is 8.75. The average molecular weight is 283 g/mol. The molecule has 1 amide bonds. The van der Waals surface area contributed by atoms with Crippen LogP contribution in [-0.4, -0.2) is 47.7 Å². The summed E-state index contributed by atoms with van der Waals surface area (Å²) in [6.45, 7) is 3.33. The predicted octanol–water partition coefficient (Wildman–Crippen LogP) is 1.30. The number of amides is 1. The molecule has 1 aromatic heterocycles. The van der Waals surface area contributed by atoms with E-state index in [1.807, 2.05) is 19.1 Å². The summed E-state index contributed by atoms with van der Waals surface area (Å²) < 4.78 is 5.35. The van der Waals surface area contributed by atoms with Crippen LogP contribution in [0.5, 0.6) is 0 Å². The first-order valence-corrected chi connectivity index (χ1v) is 7.02. The van der Waals surface area contributed by atoms with E-state index in [2.05, 4.69) is 0 Å². The number of carbonyl (C=O) groups is 2. The van der Waals surface area contributed by atoms with Gasteiger partial charge in [0.05, 0.1) is 25.6 Å². The highest BCUT2D eigenvalue weighted by atomic mass is 32.1. The first kappa shape index (κ1) is 14.0. The second-order valence-electron chi connectivity index (χ2n) is 4.62. The van der Waals surface area contributed by atoms with E-state index < -0.39 is 5.97 Å². The second kappa shape index (κ2) is 6.16. The number of hydrogen-bond donors (Lipinski definition) is 1. The number of thiophene rings is 1. The maximum Gasteiger partial charge on any atom is 0.306 e. The van der Waals surface area contributed by atoms with Gasteiger partial charge in [0.25, 0.3) is 0 Å². The van der Waals surface area contributed by atoms with Gasteiger partial charge in [-0.1, -0.05) is 0 Å². The topological polar surface area (TPSA) is 66.8 Å². The lowest BCUT2D eigenvalue weighted by Gasteiger charge is -2.32. The van der Waals surface area contributed by atoms with Crippen molar-refractivity contribution in [1.29, 1.82) is 0 Å². The van der Waals surface area contributed by atoms with E-state index in [9.17, 15) is 9.59 Å². The largest absolute Gasteiger partial charge is 0.481 e. The maximum absolute atomic E-state index is 12.1. The molecule has 2 heterocycles. The Morgan fingerprint density at radius 3 is 2.95 bits per heavy atom. The van der Waals surface area contributed by atoms with E-state index in [4.69, 9.17) is 9.84 Å². The molecule has 1 N–H and O–H groups in total. The van der Waals surface area contributed by atoms with E-state index in [-0.39, 0.29) is 18.4 Å². The van der Waals surface area contributed by atoms with Gasteiger partial charge >= 0.3 is 5.97 Å². The van der Waals surface area contributed by atoms with Crippen molar-refractivity contribution in [2.75, 3.05) is 19.7 Å². The fourth-order valence-electron chi connectivity index (χ4n) is 2.11. The van der Waals surface area contributed by atoms with Crippen molar-refractivity contribution in [3.05, 3.63) is 21.9 Å². The molecule has 0 radical (unpaired) electrons. The van der Waals surface area contributed by atoms with Gasteiger partial charge in [0.2, 0.25) is 5.91 Å². The zero-order chi connectivity index (χ0) is 13.8. The molecule has 0 bridgehead atoms. The van der Waals surface area contributed by atoms with Gasteiger partial charge in [-0.25, -0.2) is 0 Å². The third kappa shape index (κ3) is 4.04. The standard InChI is InChI=1S/C13H17NO4S/c1-9-2-3-11(19-9)7-12(15)14-4-5-18-10(8-14)6-13(16)17/h2-3,10H,4-8H2,1H3,(H,16,17)/t10-/m1/s1. The molecule has 0 aromatic carbocycles. The smallest absolute Gasteiger partial charge is 0.306 e. The molecule has 1 fully saturated rings. The summed E-state index contributed by atoms with van der Waals surface area (Å²) in [7, 11) is 0. The van der Waals surface area contributed by atoms with E-state index in [1.165, 1.54) is 4.88 Å². The maximum atomic E-state index is 12.1. The van der Waals surface area contributed by atoms with Crippen LogP contribution in [0.4, 0.5) is 0 Å². The fourth-order valence-corrected chi connectivity index (χ4v) is 2.99. The molecule has 19 heavy (non-hydrogen) atoms. The van der Waals surface area contributed by atoms with E-state index >= 15 is 0 Å². The minimum atomic E-state index is -0.895. The van der Waals surface area contributed by atoms with Crippen LogP contribution in [0.3, 0.4) is 0 Å². The Morgan fingerprint density at radius 1 is 1.53 bits per heavy atom. The highest BCUT2D eigenvalue weighted by Crippen LogP contribution is 2.17. The molecule has 1 aliphatic heterocycles. The summed E-state index contributed by atoms with van der Waals surface area (Å²) in [5.74, 6) is -0.853. The number of morpholine rings is 1. The number of carboxylic acid groups (broad SMARTS) is 1. The van der Waals surface area contributed by atoms with Gasteiger partial charge in [0, 0.05) is 22.8 Å². The molecule has 0 unspecified atom stereocenters. The first-order valence-electron chi connectivity index (χ1n) is 6.21. The Morgan fingerprint density at radius 2 is 2.32 bits per heavy atom. The van der Waals surface area contributed by atoms with Crippen LogP contribution in [0.2, 0.25) is 0 Å². The van der Waals surface area contributed by atoms with E-state index in [1.54, 1.807) is 16.2 Å². The van der Waals surface area contributed by atoms with Crippen molar-refractivity contribution in [3.63, 3.8) is 0 Å². The Kier molecular flexibility index (Phi) is 4.55. The molecule has 1 atom stereocenters. The van der Waals surface area contributed by atoms with E-state index in [0.717, 1.165) is 4.88 Å². The van der Waals surface area contributed by atoms with Crippen LogP contribution in [-0.2, 0) is 20.7 Å². The Bertz CT molecular complexity index is 471. The third-order valence-electron chi connectivity index (χ3n) is 3.02. The second-order valence-corrected chi connectivity index (χ2v) is 5.99. The van der Waals surface area contributed by atoms with Gasteiger partial charge in [0.15, 0.2) is 0 Å². The van der Waals surface area contributed by atoms with Gasteiger partial charge in [-0.05, 0) is 19.1 Å². The highest BCUT2D eigenvalue weighted by Gasteiger charge is 2.25. The van der Waals surface area contributed by atoms with Gasteiger partial charge in [0.1, 0.15) is 0 Å². The quantitative estimate of drug-likeness (QED) is 0.904. The first-order chi connectivity index (χ1) is 9.04. The molecular weight excluding hydrogens is 266 g/mol. The van der Waals surface area contributed by atoms with Crippen LogP contribution in [0.15, 0.2) is 12.1 Å². The third-order valence-corrected chi connectivity index (χ3v) is 4.02. The number of ether oxygens (including phenoxy) is 1. The lowest BCUT2D eigenvalue weighted by molar-refractivity contribution is -0.147. The average Bonchev–Trinajstić information content (AvgIpc) is 2.74. The SMILES string of the molecule is Cc1ccc(CC(=O)N2CCO[C@H](CC(=O)O)C2)s1. The summed E-state index contributed by atoms with van der Waals surface area (Å²) in [6.07, 6.45) is -0.0551. The van der Waals surface area contributed by atoms with Crippen molar-refractivity contribution in [2.45, 2.75) is 25.9 Å². The summed E-state index contributed by atoms with van der Waals surface area (Å²) in [4.78, 5) is 26.7. The van der Waals surface area contributed by atoms with Crippen molar-refractivity contribution in [3.8, 4) is 0 Å². The molecule has 0 aliphatic carbocycles. The molecule has 104 valence electrons. The normalized spacial score (nSPS) is 19.4. The molecule has 1 saturated heterocycles. The van der Waals surface area contributed by atoms with Crippen LogP contribution in [0.25, 0.3) is 0 Å². The number of hydrogen-bond acceptors (Lipinski definition) is 4. The molecule has 5 nitrogen and oxygen atoms in total. The molecule has 6 heteroatoms. The minimum Gasteiger partial charge on any atom is -0.481 e. The molecule has 1 aromatic rings. The Hall–Kier alpha value is -1.40. The summed E-state index contributed by atoms with van der Waals surface area (Å²) in [5.41, 5.74) is 0. The zero-order valence-corrected chi connectivity index (χ0v) is 11.6. The number of rotatable bonds is 4. The molecule has 0 saturated carbocycles. The predicted molar refractivity (Wildman–Crippen MR) is 71.3 cm³/mol. The Balaban J connectivity index is 1.89. The lowest BCUT2D eigenvalue weighted by Crippen LogP contribution is -2.46. The van der Waals surface area contributed by atoms with Crippen LogP contribution >= 0.6 is 11.3 Å². The molecule has 0 spiro atoms. The molecular formula is C13H17NO4S. The van der Waals surface area contributed by atoms with Crippen molar-refractivity contribution in [2.24, 2.45) is 0 Å². The lowest BCUT2D eigenvalue weighted by atomic mass is 10.2. The number of nitrogens with zero attached hydrogens (tertiary/aromatic N) is 1. The highest BCUT2D eigenvalue weighted by molar-refractivity contribution is 7.12. The number of carbonyl (C=O) groups excluding carboxylic acids is 1. The van der Waals surface area contributed by atoms with E-state index in [0.29, 0.717) is 26.1 Å². The zero-order valence-electron chi connectivity index (χ0n) is 10.8. The minimum absolute atomic E-state index is 0.0422.